The van der Waals surface area contributed by atoms with Crippen molar-refractivity contribution in [2.24, 2.45) is 11.8 Å². The maximum atomic E-state index is 6.63. The zero-order valence-corrected chi connectivity index (χ0v) is 17.6. The van der Waals surface area contributed by atoms with Gasteiger partial charge in [0.2, 0.25) is 0 Å². The number of fused-ring (bicyclic) bond motifs is 1. The second-order valence-corrected chi connectivity index (χ2v) is 15.8. The molecule has 3 rings (SSSR count). The Morgan fingerprint density at radius 2 is 1.95 bits per heavy atom. The highest BCUT2D eigenvalue weighted by Gasteiger charge is 2.55. The van der Waals surface area contributed by atoms with E-state index in [1.807, 2.05) is 0 Å². The standard InChI is InChI=1S/C18H36O2Si2/c1-14(15-10-11-18(2)17(12-15)19-18)13-22(3,4)20-21-16-8-6-5-7-9-16/h14-17H,5-13,21H2,1-4H3. The molecule has 3 fully saturated rings. The van der Waals surface area contributed by atoms with Crippen LogP contribution in [0.5, 0.6) is 0 Å². The minimum Gasteiger partial charge on any atom is -0.460 e. The van der Waals surface area contributed by atoms with Gasteiger partial charge in [-0.2, -0.15) is 0 Å². The number of epoxide rings is 1. The van der Waals surface area contributed by atoms with Gasteiger partial charge >= 0.3 is 0 Å². The van der Waals surface area contributed by atoms with Crippen molar-refractivity contribution < 1.29 is 8.85 Å². The molecule has 2 nitrogen and oxygen atoms in total. The smallest absolute Gasteiger partial charge is 0.173 e. The molecule has 0 spiro atoms. The van der Waals surface area contributed by atoms with Gasteiger partial charge in [0.25, 0.3) is 0 Å². The molecular formula is C18H36O2Si2. The van der Waals surface area contributed by atoms with Crippen LogP contribution in [0.25, 0.3) is 0 Å². The van der Waals surface area contributed by atoms with Crippen LogP contribution in [-0.4, -0.2) is 29.8 Å². The van der Waals surface area contributed by atoms with Crippen LogP contribution in [0.4, 0.5) is 0 Å². The lowest BCUT2D eigenvalue weighted by atomic mass is 9.77. The average Bonchev–Trinajstić information content (AvgIpc) is 3.16. The van der Waals surface area contributed by atoms with Crippen LogP contribution >= 0.6 is 0 Å². The number of hydrogen-bond acceptors (Lipinski definition) is 2. The van der Waals surface area contributed by atoms with Crippen molar-refractivity contribution in [3.05, 3.63) is 0 Å². The predicted octanol–water partition coefficient (Wildman–Crippen LogP) is 4.64. The Morgan fingerprint density at radius 1 is 1.23 bits per heavy atom. The summed E-state index contributed by atoms with van der Waals surface area (Å²) in [4.78, 5) is 0. The van der Waals surface area contributed by atoms with Crippen molar-refractivity contribution in [2.75, 3.05) is 0 Å². The van der Waals surface area contributed by atoms with Crippen molar-refractivity contribution >= 4 is 18.1 Å². The van der Waals surface area contributed by atoms with E-state index >= 15 is 0 Å². The van der Waals surface area contributed by atoms with Gasteiger partial charge in [-0.1, -0.05) is 39.0 Å². The van der Waals surface area contributed by atoms with Crippen LogP contribution in [0.1, 0.15) is 65.2 Å². The summed E-state index contributed by atoms with van der Waals surface area (Å²) in [7, 11) is -1.73. The molecule has 0 N–H and O–H groups in total. The van der Waals surface area contributed by atoms with Crippen LogP contribution in [-0.2, 0) is 8.85 Å². The number of ether oxygens (including phenoxy) is 1. The Balaban J connectivity index is 1.42. The van der Waals surface area contributed by atoms with Gasteiger partial charge in [-0.15, -0.1) is 0 Å². The highest BCUT2D eigenvalue weighted by molar-refractivity contribution is 6.75. The summed E-state index contributed by atoms with van der Waals surface area (Å²) >= 11 is 0. The molecule has 4 unspecified atom stereocenters. The Kier molecular flexibility index (Phi) is 5.23. The molecule has 1 saturated heterocycles. The minimum atomic E-state index is -1.44. The first-order chi connectivity index (χ1) is 10.4. The van der Waals surface area contributed by atoms with Crippen molar-refractivity contribution in [3.8, 4) is 0 Å². The second-order valence-electron chi connectivity index (χ2n) is 9.21. The van der Waals surface area contributed by atoms with Crippen LogP contribution in [0, 0.1) is 11.8 Å². The molecule has 2 saturated carbocycles. The molecule has 1 aliphatic heterocycles. The first-order valence-electron chi connectivity index (χ1n) is 9.70. The maximum absolute atomic E-state index is 6.63. The van der Waals surface area contributed by atoms with Crippen molar-refractivity contribution in [2.45, 2.75) is 102 Å². The molecule has 0 amide bonds. The van der Waals surface area contributed by atoms with E-state index in [1.54, 1.807) is 0 Å². The van der Waals surface area contributed by atoms with Gasteiger partial charge in [-0.05, 0) is 62.7 Å². The largest absolute Gasteiger partial charge is 0.460 e. The second kappa shape index (κ2) is 6.69. The highest BCUT2D eigenvalue weighted by atomic mass is 28.4. The van der Waals surface area contributed by atoms with Gasteiger partial charge in [0, 0.05) is 0 Å². The van der Waals surface area contributed by atoms with Gasteiger partial charge in [0.15, 0.2) is 8.32 Å². The van der Waals surface area contributed by atoms with Gasteiger partial charge in [0.05, 0.1) is 11.7 Å². The average molecular weight is 341 g/mol. The Labute approximate surface area is 140 Å². The summed E-state index contributed by atoms with van der Waals surface area (Å²) in [5.74, 6) is 1.71. The maximum Gasteiger partial charge on any atom is 0.173 e. The summed E-state index contributed by atoms with van der Waals surface area (Å²) in [6.45, 7) is 9.73. The number of rotatable bonds is 6. The fraction of sp³-hybridized carbons (Fsp3) is 1.00. The predicted molar refractivity (Wildman–Crippen MR) is 98.5 cm³/mol. The van der Waals surface area contributed by atoms with E-state index in [-0.39, 0.29) is 15.4 Å². The molecule has 1 heterocycles. The van der Waals surface area contributed by atoms with Crippen molar-refractivity contribution in [3.63, 3.8) is 0 Å². The quantitative estimate of drug-likeness (QED) is 0.519. The fourth-order valence-corrected chi connectivity index (χ4v) is 10.9. The lowest BCUT2D eigenvalue weighted by Crippen LogP contribution is -2.37. The lowest BCUT2D eigenvalue weighted by molar-refractivity contribution is 0.271. The van der Waals surface area contributed by atoms with Crippen LogP contribution < -0.4 is 0 Å². The van der Waals surface area contributed by atoms with E-state index in [1.165, 1.54) is 57.4 Å². The molecule has 128 valence electrons. The Morgan fingerprint density at radius 3 is 2.64 bits per heavy atom. The van der Waals surface area contributed by atoms with Gasteiger partial charge in [-0.25, -0.2) is 0 Å². The van der Waals surface area contributed by atoms with Gasteiger partial charge < -0.3 is 8.85 Å². The number of hydrogen-bond donors (Lipinski definition) is 0. The third-order valence-electron chi connectivity index (χ3n) is 6.62. The van der Waals surface area contributed by atoms with Gasteiger partial charge in [0.1, 0.15) is 9.76 Å². The molecule has 0 bridgehead atoms. The molecule has 0 aromatic carbocycles. The highest BCUT2D eigenvalue weighted by Crippen LogP contribution is 2.51. The summed E-state index contributed by atoms with van der Waals surface area (Å²) in [6.07, 6.45) is 11.9. The molecule has 2 aliphatic carbocycles. The molecule has 4 heteroatoms. The third kappa shape index (κ3) is 4.25. The van der Waals surface area contributed by atoms with Crippen LogP contribution in [0.2, 0.25) is 24.7 Å². The SMILES string of the molecule is CC(C[Si](C)(C)O[SiH2]C1CCCCC1)C1CCC2(C)OC2C1. The van der Waals surface area contributed by atoms with E-state index in [4.69, 9.17) is 8.85 Å². The summed E-state index contributed by atoms with van der Waals surface area (Å²) in [6, 6.07) is 1.36. The molecule has 22 heavy (non-hydrogen) atoms. The summed E-state index contributed by atoms with van der Waals surface area (Å²) < 4.78 is 12.5. The Bertz CT molecular complexity index is 381. The molecule has 0 radical (unpaired) electrons. The molecule has 3 aliphatic rings. The molecule has 4 atom stereocenters. The van der Waals surface area contributed by atoms with E-state index in [0.717, 1.165) is 17.4 Å². The van der Waals surface area contributed by atoms with Crippen LogP contribution in [0.3, 0.4) is 0 Å². The van der Waals surface area contributed by atoms with E-state index < -0.39 is 8.32 Å². The topological polar surface area (TPSA) is 21.8 Å². The fourth-order valence-electron chi connectivity index (χ4n) is 4.89. The Hall–Kier alpha value is 0.354. The molecule has 0 aromatic heterocycles. The lowest BCUT2D eigenvalue weighted by Gasteiger charge is -2.34. The van der Waals surface area contributed by atoms with Crippen molar-refractivity contribution in [1.29, 1.82) is 0 Å². The summed E-state index contributed by atoms with van der Waals surface area (Å²) in [5.41, 5.74) is 1.26. The zero-order valence-electron chi connectivity index (χ0n) is 15.2. The van der Waals surface area contributed by atoms with E-state index in [0.29, 0.717) is 6.10 Å². The normalized spacial score (nSPS) is 38.2. The van der Waals surface area contributed by atoms with E-state index in [2.05, 4.69) is 26.9 Å². The molecule has 0 aromatic rings. The zero-order chi connectivity index (χ0) is 15.8. The summed E-state index contributed by atoms with van der Waals surface area (Å²) in [5, 5.41) is 0. The van der Waals surface area contributed by atoms with Gasteiger partial charge in [-0.3, -0.25) is 0 Å². The first-order valence-corrected chi connectivity index (χ1v) is 14.2. The monoisotopic (exact) mass is 340 g/mol. The molecular weight excluding hydrogens is 304 g/mol. The third-order valence-corrected chi connectivity index (χ3v) is 13.3. The van der Waals surface area contributed by atoms with Crippen LogP contribution in [0.15, 0.2) is 0 Å². The van der Waals surface area contributed by atoms with Crippen molar-refractivity contribution in [1.82, 2.24) is 0 Å². The minimum absolute atomic E-state index is 0.271. The van der Waals surface area contributed by atoms with E-state index in [9.17, 15) is 0 Å². The first kappa shape index (κ1) is 17.2.